The summed E-state index contributed by atoms with van der Waals surface area (Å²) in [4.78, 5) is 10.5. The second-order valence-corrected chi connectivity index (χ2v) is 4.68. The first-order chi connectivity index (χ1) is 9.34. The third kappa shape index (κ3) is 3.99. The minimum atomic E-state index is -0.889. The summed E-state index contributed by atoms with van der Waals surface area (Å²) in [5.41, 5.74) is 1.59. The Hall–Kier alpha value is -2.01. The first-order valence-corrected chi connectivity index (χ1v) is 6.39. The van der Waals surface area contributed by atoms with Crippen molar-refractivity contribution in [3.05, 3.63) is 29.8 Å². The number of hydrogen-bond acceptors (Lipinski definition) is 4. The molecule has 0 saturated heterocycles. The van der Waals surface area contributed by atoms with E-state index in [0.717, 1.165) is 0 Å². The molecule has 0 aliphatic rings. The van der Waals surface area contributed by atoms with Crippen LogP contribution in [0.4, 0.5) is 0 Å². The lowest BCUT2D eigenvalue weighted by molar-refractivity contribution is -0.137. The van der Waals surface area contributed by atoms with Gasteiger partial charge in [-0.05, 0) is 38.0 Å². The van der Waals surface area contributed by atoms with Gasteiger partial charge in [-0.25, -0.2) is 0 Å². The fourth-order valence-electron chi connectivity index (χ4n) is 1.88. The van der Waals surface area contributed by atoms with E-state index in [-0.39, 0.29) is 18.8 Å². The first kappa shape index (κ1) is 16.0. The Kier molecular flexibility index (Phi) is 5.58. The molecule has 5 heteroatoms. The second kappa shape index (κ2) is 6.96. The zero-order valence-electron chi connectivity index (χ0n) is 11.7. The Labute approximate surface area is 118 Å². The van der Waals surface area contributed by atoms with Gasteiger partial charge in [-0.3, -0.25) is 4.79 Å². The molecule has 0 aromatic heterocycles. The highest BCUT2D eigenvalue weighted by Crippen LogP contribution is 2.39. The van der Waals surface area contributed by atoms with Crippen LogP contribution in [0, 0.1) is 0 Å². The van der Waals surface area contributed by atoms with Gasteiger partial charge in [-0.2, -0.15) is 0 Å². The number of aliphatic hydroxyl groups excluding tert-OH is 1. The SMILES string of the molecule is C=C(C)c1c(O)ccc(C(C)O)c1OCCCC(=O)O. The zero-order valence-corrected chi connectivity index (χ0v) is 11.7. The van der Waals surface area contributed by atoms with Crippen molar-refractivity contribution in [3.63, 3.8) is 0 Å². The lowest BCUT2D eigenvalue weighted by Crippen LogP contribution is -2.07. The van der Waals surface area contributed by atoms with Crippen molar-refractivity contribution in [2.45, 2.75) is 32.8 Å². The maximum atomic E-state index is 10.5. The van der Waals surface area contributed by atoms with Gasteiger partial charge in [0.15, 0.2) is 0 Å². The molecule has 110 valence electrons. The van der Waals surface area contributed by atoms with Crippen molar-refractivity contribution in [1.82, 2.24) is 0 Å². The van der Waals surface area contributed by atoms with Crippen LogP contribution in [0.3, 0.4) is 0 Å². The molecule has 0 fully saturated rings. The number of carbonyl (C=O) groups is 1. The molecule has 20 heavy (non-hydrogen) atoms. The Balaban J connectivity index is 3.03. The molecule has 0 bridgehead atoms. The standard InChI is InChI=1S/C15H20O5/c1-9(2)14-12(17)7-6-11(10(3)16)15(14)20-8-4-5-13(18)19/h6-7,10,16-17H,1,4-5,8H2,2-3H3,(H,18,19). The van der Waals surface area contributed by atoms with Crippen LogP contribution in [-0.2, 0) is 4.79 Å². The zero-order chi connectivity index (χ0) is 15.3. The number of phenols is 1. The van der Waals surface area contributed by atoms with Gasteiger partial charge in [-0.1, -0.05) is 6.58 Å². The number of hydrogen-bond donors (Lipinski definition) is 3. The third-order valence-electron chi connectivity index (χ3n) is 2.82. The number of carboxylic acid groups (broad SMARTS) is 1. The van der Waals surface area contributed by atoms with Gasteiger partial charge in [0.2, 0.25) is 0 Å². The van der Waals surface area contributed by atoms with Crippen LogP contribution in [0.25, 0.3) is 5.57 Å². The van der Waals surface area contributed by atoms with Crippen LogP contribution in [0.1, 0.15) is 43.9 Å². The summed E-state index contributed by atoms with van der Waals surface area (Å²) in [5.74, 6) is -0.506. The lowest BCUT2D eigenvalue weighted by Gasteiger charge is -2.18. The minimum absolute atomic E-state index is 0.00519. The summed E-state index contributed by atoms with van der Waals surface area (Å²) in [7, 11) is 0. The molecule has 1 aromatic rings. The number of benzene rings is 1. The number of aliphatic carboxylic acids is 1. The number of carboxylic acids is 1. The summed E-state index contributed by atoms with van der Waals surface area (Å²) in [6.45, 7) is 7.30. The predicted molar refractivity (Wildman–Crippen MR) is 75.8 cm³/mol. The van der Waals surface area contributed by atoms with Crippen LogP contribution < -0.4 is 4.74 Å². The number of allylic oxidation sites excluding steroid dienone is 1. The largest absolute Gasteiger partial charge is 0.507 e. The molecule has 0 aliphatic heterocycles. The van der Waals surface area contributed by atoms with E-state index in [2.05, 4.69) is 6.58 Å². The summed E-state index contributed by atoms with van der Waals surface area (Å²) >= 11 is 0. The van der Waals surface area contributed by atoms with Gasteiger partial charge in [-0.15, -0.1) is 0 Å². The van der Waals surface area contributed by atoms with Crippen LogP contribution in [0.15, 0.2) is 18.7 Å². The van der Waals surface area contributed by atoms with E-state index in [1.807, 2.05) is 0 Å². The molecule has 1 unspecified atom stereocenters. The minimum Gasteiger partial charge on any atom is -0.507 e. The van der Waals surface area contributed by atoms with E-state index >= 15 is 0 Å². The Morgan fingerprint density at radius 1 is 1.45 bits per heavy atom. The Bertz CT molecular complexity index is 505. The molecule has 0 aliphatic carbocycles. The summed E-state index contributed by atoms with van der Waals surface area (Å²) in [5, 5.41) is 28.2. The molecule has 0 spiro atoms. The van der Waals surface area contributed by atoms with Crippen molar-refractivity contribution < 1.29 is 24.9 Å². The average molecular weight is 280 g/mol. The van der Waals surface area contributed by atoms with E-state index in [9.17, 15) is 15.0 Å². The van der Waals surface area contributed by atoms with E-state index in [1.54, 1.807) is 19.9 Å². The van der Waals surface area contributed by atoms with Crippen molar-refractivity contribution in [2.24, 2.45) is 0 Å². The van der Waals surface area contributed by atoms with Crippen LogP contribution in [-0.4, -0.2) is 27.9 Å². The number of phenolic OH excluding ortho intramolecular Hbond substituents is 1. The molecule has 1 rings (SSSR count). The van der Waals surface area contributed by atoms with E-state index < -0.39 is 12.1 Å². The molecular formula is C15H20O5. The smallest absolute Gasteiger partial charge is 0.303 e. The summed E-state index contributed by atoms with van der Waals surface area (Å²) < 4.78 is 5.58. The topological polar surface area (TPSA) is 87.0 Å². The second-order valence-electron chi connectivity index (χ2n) is 4.68. The Morgan fingerprint density at radius 3 is 2.60 bits per heavy atom. The van der Waals surface area contributed by atoms with Crippen molar-refractivity contribution in [3.8, 4) is 11.5 Å². The lowest BCUT2D eigenvalue weighted by atomic mass is 9.99. The van der Waals surface area contributed by atoms with Gasteiger partial charge in [0, 0.05) is 12.0 Å². The number of ether oxygens (including phenoxy) is 1. The number of aromatic hydroxyl groups is 1. The van der Waals surface area contributed by atoms with E-state index in [4.69, 9.17) is 9.84 Å². The quantitative estimate of drug-likeness (QED) is 0.668. The highest BCUT2D eigenvalue weighted by molar-refractivity contribution is 5.74. The van der Waals surface area contributed by atoms with E-state index in [1.165, 1.54) is 6.07 Å². The summed E-state index contributed by atoms with van der Waals surface area (Å²) in [6.07, 6.45) is -0.409. The monoisotopic (exact) mass is 280 g/mol. The Morgan fingerprint density at radius 2 is 2.10 bits per heavy atom. The molecule has 3 N–H and O–H groups in total. The third-order valence-corrected chi connectivity index (χ3v) is 2.82. The van der Waals surface area contributed by atoms with Gasteiger partial charge in [0.1, 0.15) is 11.5 Å². The normalized spacial score (nSPS) is 11.9. The molecule has 0 amide bonds. The van der Waals surface area contributed by atoms with Crippen LogP contribution >= 0.6 is 0 Å². The molecular weight excluding hydrogens is 260 g/mol. The maximum absolute atomic E-state index is 10.5. The molecule has 0 radical (unpaired) electrons. The highest BCUT2D eigenvalue weighted by atomic mass is 16.5. The fraction of sp³-hybridized carbons (Fsp3) is 0.400. The predicted octanol–water partition coefficient (Wildman–Crippen LogP) is 2.72. The van der Waals surface area contributed by atoms with Crippen molar-refractivity contribution in [1.29, 1.82) is 0 Å². The van der Waals surface area contributed by atoms with Gasteiger partial charge in [0.25, 0.3) is 0 Å². The van der Waals surface area contributed by atoms with Crippen LogP contribution in [0.5, 0.6) is 11.5 Å². The summed E-state index contributed by atoms with van der Waals surface area (Å²) in [6, 6.07) is 3.06. The van der Waals surface area contributed by atoms with Crippen LogP contribution in [0.2, 0.25) is 0 Å². The molecule has 0 saturated carbocycles. The van der Waals surface area contributed by atoms with E-state index in [0.29, 0.717) is 28.9 Å². The van der Waals surface area contributed by atoms with Crippen molar-refractivity contribution in [2.75, 3.05) is 6.61 Å². The molecule has 1 atom stereocenters. The maximum Gasteiger partial charge on any atom is 0.303 e. The highest BCUT2D eigenvalue weighted by Gasteiger charge is 2.18. The molecule has 1 aromatic carbocycles. The fourth-order valence-corrected chi connectivity index (χ4v) is 1.88. The first-order valence-electron chi connectivity index (χ1n) is 6.39. The van der Waals surface area contributed by atoms with Crippen molar-refractivity contribution >= 4 is 11.5 Å². The number of rotatable bonds is 7. The average Bonchev–Trinajstić information content (AvgIpc) is 2.33. The molecule has 5 nitrogen and oxygen atoms in total. The van der Waals surface area contributed by atoms with Gasteiger partial charge < -0.3 is 20.1 Å². The van der Waals surface area contributed by atoms with Gasteiger partial charge in [0.05, 0.1) is 18.3 Å². The number of aliphatic hydroxyl groups is 1. The van der Waals surface area contributed by atoms with Gasteiger partial charge >= 0.3 is 5.97 Å². The molecule has 0 heterocycles.